The van der Waals surface area contributed by atoms with E-state index < -0.39 is 0 Å². The van der Waals surface area contributed by atoms with Crippen molar-refractivity contribution in [1.82, 2.24) is 5.32 Å². The number of carbonyl (C=O) groups excluding carboxylic acids is 1. The van der Waals surface area contributed by atoms with Crippen LogP contribution in [0.2, 0.25) is 0 Å². The molecular weight excluding hydrogens is 330 g/mol. The molecule has 140 valence electrons. The maximum absolute atomic E-state index is 12.7. The van der Waals surface area contributed by atoms with Gasteiger partial charge in [-0.3, -0.25) is 4.79 Å². The Morgan fingerprint density at radius 3 is 2.12 bits per heavy atom. The summed E-state index contributed by atoms with van der Waals surface area (Å²) in [6.45, 7) is 2.48. The summed E-state index contributed by atoms with van der Waals surface area (Å²) in [6.07, 6.45) is 1.75. The Morgan fingerprint density at radius 2 is 1.62 bits per heavy atom. The van der Waals surface area contributed by atoms with Crippen molar-refractivity contribution in [3.63, 3.8) is 0 Å². The zero-order valence-corrected chi connectivity index (χ0v) is 15.9. The first-order chi connectivity index (χ1) is 12.6. The number of hydrogen-bond acceptors (Lipinski definition) is 4. The van der Waals surface area contributed by atoms with Gasteiger partial charge in [-0.25, -0.2) is 0 Å². The van der Waals surface area contributed by atoms with Crippen LogP contribution in [0.1, 0.15) is 36.8 Å². The van der Waals surface area contributed by atoms with Crippen LogP contribution in [-0.4, -0.2) is 27.2 Å². The number of amides is 1. The fourth-order valence-electron chi connectivity index (χ4n) is 2.97. The number of rotatable bonds is 9. The number of nitrogens with one attached hydrogen (secondary N) is 1. The van der Waals surface area contributed by atoms with Crippen molar-refractivity contribution in [3.8, 4) is 17.2 Å². The lowest BCUT2D eigenvalue weighted by Gasteiger charge is -2.18. The van der Waals surface area contributed by atoms with Crippen molar-refractivity contribution in [2.75, 3.05) is 21.3 Å². The minimum atomic E-state index is -0.150. The number of methoxy groups -OCH3 is 3. The number of benzene rings is 2. The van der Waals surface area contributed by atoms with Gasteiger partial charge >= 0.3 is 0 Å². The highest BCUT2D eigenvalue weighted by Crippen LogP contribution is 2.38. The van der Waals surface area contributed by atoms with Crippen molar-refractivity contribution in [2.24, 2.45) is 0 Å². The Hall–Kier alpha value is -2.69. The van der Waals surface area contributed by atoms with Crippen LogP contribution in [0, 0.1) is 0 Å². The van der Waals surface area contributed by atoms with E-state index in [0.29, 0.717) is 23.8 Å². The maximum Gasteiger partial charge on any atom is 0.227 e. The van der Waals surface area contributed by atoms with Crippen LogP contribution < -0.4 is 19.5 Å². The van der Waals surface area contributed by atoms with Crippen LogP contribution >= 0.6 is 0 Å². The maximum atomic E-state index is 12.7. The molecule has 0 aromatic heterocycles. The van der Waals surface area contributed by atoms with E-state index in [1.54, 1.807) is 21.3 Å². The van der Waals surface area contributed by atoms with Crippen LogP contribution in [0.25, 0.3) is 0 Å². The Labute approximate surface area is 155 Å². The van der Waals surface area contributed by atoms with E-state index in [1.807, 2.05) is 42.5 Å². The standard InChI is InChI=1S/C21H27NO4/c1-5-9-17(16-10-7-6-8-11-16)21(23)22-14-15-12-18(24-2)20(26-4)19(13-15)25-3/h6-8,10-13,17H,5,9,14H2,1-4H3,(H,22,23)/t17-/m0/s1. The largest absolute Gasteiger partial charge is 0.493 e. The molecule has 2 rings (SSSR count). The van der Waals surface area contributed by atoms with Gasteiger partial charge in [-0.05, 0) is 29.7 Å². The van der Waals surface area contributed by atoms with Gasteiger partial charge in [-0.15, -0.1) is 0 Å². The highest BCUT2D eigenvalue weighted by atomic mass is 16.5. The summed E-state index contributed by atoms with van der Waals surface area (Å²) < 4.78 is 16.1. The van der Waals surface area contributed by atoms with E-state index in [0.717, 1.165) is 24.0 Å². The molecule has 1 amide bonds. The quantitative estimate of drug-likeness (QED) is 0.739. The second-order valence-corrected chi connectivity index (χ2v) is 6.00. The Bertz CT molecular complexity index is 690. The molecule has 0 aliphatic rings. The highest BCUT2D eigenvalue weighted by Gasteiger charge is 2.20. The normalized spacial score (nSPS) is 11.5. The molecule has 0 spiro atoms. The van der Waals surface area contributed by atoms with Gasteiger partial charge in [0.25, 0.3) is 0 Å². The van der Waals surface area contributed by atoms with Crippen molar-refractivity contribution >= 4 is 5.91 Å². The van der Waals surface area contributed by atoms with Gasteiger partial charge in [0.05, 0.1) is 27.2 Å². The van der Waals surface area contributed by atoms with Crippen LogP contribution in [0.3, 0.4) is 0 Å². The first kappa shape index (κ1) is 19.6. The molecule has 1 N–H and O–H groups in total. The van der Waals surface area contributed by atoms with Crippen LogP contribution in [0.15, 0.2) is 42.5 Å². The predicted molar refractivity (Wildman–Crippen MR) is 102 cm³/mol. The molecule has 0 unspecified atom stereocenters. The lowest BCUT2D eigenvalue weighted by molar-refractivity contribution is -0.122. The SMILES string of the molecule is CCC[C@H](C(=O)NCc1cc(OC)c(OC)c(OC)c1)c1ccccc1. The van der Waals surface area contributed by atoms with Gasteiger partial charge in [0, 0.05) is 6.54 Å². The van der Waals surface area contributed by atoms with Crippen LogP contribution in [0.5, 0.6) is 17.2 Å². The van der Waals surface area contributed by atoms with Gasteiger partial charge in [0.15, 0.2) is 11.5 Å². The smallest absolute Gasteiger partial charge is 0.227 e. The second-order valence-electron chi connectivity index (χ2n) is 6.00. The molecule has 0 saturated carbocycles. The molecule has 0 fully saturated rings. The lowest BCUT2D eigenvalue weighted by Crippen LogP contribution is -2.29. The molecule has 1 atom stereocenters. The summed E-state index contributed by atoms with van der Waals surface area (Å²) >= 11 is 0. The molecule has 0 aliphatic heterocycles. The molecule has 0 aliphatic carbocycles. The minimum Gasteiger partial charge on any atom is -0.493 e. The third kappa shape index (κ3) is 4.69. The first-order valence-electron chi connectivity index (χ1n) is 8.76. The summed E-state index contributed by atoms with van der Waals surface area (Å²) in [6, 6.07) is 13.6. The average molecular weight is 357 g/mol. The average Bonchev–Trinajstić information content (AvgIpc) is 2.69. The van der Waals surface area contributed by atoms with Crippen molar-refractivity contribution in [2.45, 2.75) is 32.2 Å². The van der Waals surface area contributed by atoms with Gasteiger partial charge in [-0.1, -0.05) is 43.7 Å². The van der Waals surface area contributed by atoms with E-state index in [4.69, 9.17) is 14.2 Å². The van der Waals surface area contributed by atoms with Gasteiger partial charge in [0.1, 0.15) is 0 Å². The van der Waals surface area contributed by atoms with Crippen molar-refractivity contribution < 1.29 is 19.0 Å². The summed E-state index contributed by atoms with van der Waals surface area (Å²) in [5.41, 5.74) is 1.92. The zero-order valence-electron chi connectivity index (χ0n) is 15.9. The summed E-state index contributed by atoms with van der Waals surface area (Å²) in [7, 11) is 4.72. The lowest BCUT2D eigenvalue weighted by atomic mass is 9.93. The highest BCUT2D eigenvalue weighted by molar-refractivity contribution is 5.83. The second kappa shape index (κ2) is 9.70. The fourth-order valence-corrected chi connectivity index (χ4v) is 2.97. The number of hydrogen-bond donors (Lipinski definition) is 1. The Balaban J connectivity index is 2.15. The molecule has 0 saturated heterocycles. The number of ether oxygens (including phenoxy) is 3. The van der Waals surface area contributed by atoms with Crippen LogP contribution in [0.4, 0.5) is 0 Å². The Kier molecular flexibility index (Phi) is 7.33. The summed E-state index contributed by atoms with van der Waals surface area (Å²) in [5.74, 6) is 1.56. The Morgan fingerprint density at radius 1 is 1.00 bits per heavy atom. The topological polar surface area (TPSA) is 56.8 Å². The predicted octanol–water partition coefficient (Wildman–Crippen LogP) is 3.91. The third-order valence-corrected chi connectivity index (χ3v) is 4.29. The van der Waals surface area contributed by atoms with Crippen LogP contribution in [-0.2, 0) is 11.3 Å². The van der Waals surface area contributed by atoms with Crippen molar-refractivity contribution in [1.29, 1.82) is 0 Å². The minimum absolute atomic E-state index is 0.0202. The zero-order chi connectivity index (χ0) is 18.9. The van der Waals surface area contributed by atoms with Gasteiger partial charge in [-0.2, -0.15) is 0 Å². The first-order valence-corrected chi connectivity index (χ1v) is 8.76. The molecule has 5 nitrogen and oxygen atoms in total. The van der Waals surface area contributed by atoms with E-state index in [1.165, 1.54) is 0 Å². The molecular formula is C21H27NO4. The van der Waals surface area contributed by atoms with E-state index in [9.17, 15) is 4.79 Å². The molecule has 2 aromatic carbocycles. The molecule has 5 heteroatoms. The van der Waals surface area contributed by atoms with Crippen molar-refractivity contribution in [3.05, 3.63) is 53.6 Å². The number of carbonyl (C=O) groups is 1. The monoisotopic (exact) mass is 357 g/mol. The third-order valence-electron chi connectivity index (χ3n) is 4.29. The fraction of sp³-hybridized carbons (Fsp3) is 0.381. The van der Waals surface area contributed by atoms with Gasteiger partial charge < -0.3 is 19.5 Å². The summed E-state index contributed by atoms with van der Waals surface area (Å²) in [4.78, 5) is 12.7. The molecule has 0 radical (unpaired) electrons. The van der Waals surface area contributed by atoms with Gasteiger partial charge in [0.2, 0.25) is 11.7 Å². The summed E-state index contributed by atoms with van der Waals surface area (Å²) in [5, 5.41) is 3.03. The molecule has 0 bridgehead atoms. The van der Waals surface area contributed by atoms with E-state index >= 15 is 0 Å². The molecule has 26 heavy (non-hydrogen) atoms. The van der Waals surface area contributed by atoms with E-state index in [-0.39, 0.29) is 11.8 Å². The molecule has 2 aromatic rings. The van der Waals surface area contributed by atoms with E-state index in [2.05, 4.69) is 12.2 Å². The molecule has 0 heterocycles.